The van der Waals surface area contributed by atoms with Gasteiger partial charge in [-0.05, 0) is 43.5 Å². The van der Waals surface area contributed by atoms with E-state index in [1.165, 1.54) is 33.9 Å². The van der Waals surface area contributed by atoms with Gasteiger partial charge in [-0.1, -0.05) is 36.4 Å². The SMILES string of the molecule is CC1(C)OCCn2c1nc(C(=O)NCc1ccc(F)cc1N1C(=O)CC/C1=C\N)c(OCc1ccccc1)c2=O. The van der Waals surface area contributed by atoms with E-state index in [2.05, 4.69) is 10.3 Å². The van der Waals surface area contributed by atoms with Crippen molar-refractivity contribution in [1.29, 1.82) is 0 Å². The van der Waals surface area contributed by atoms with E-state index in [1.54, 1.807) is 13.8 Å². The topological polar surface area (TPSA) is 129 Å². The Balaban J connectivity index is 1.48. The lowest BCUT2D eigenvalue weighted by Gasteiger charge is -2.33. The van der Waals surface area contributed by atoms with Crippen LogP contribution in [-0.4, -0.2) is 28.0 Å². The summed E-state index contributed by atoms with van der Waals surface area (Å²) in [6, 6.07) is 13.2. The van der Waals surface area contributed by atoms with Gasteiger partial charge >= 0.3 is 0 Å². The monoisotopic (exact) mass is 547 g/mol. The number of nitrogens with two attached hydrogens (primary N) is 1. The lowest BCUT2D eigenvalue weighted by molar-refractivity contribution is -0.116. The minimum Gasteiger partial charge on any atom is -0.481 e. The van der Waals surface area contributed by atoms with Gasteiger partial charge in [-0.2, -0.15) is 0 Å². The van der Waals surface area contributed by atoms with Crippen molar-refractivity contribution >= 4 is 17.5 Å². The number of aromatic nitrogens is 2. The predicted octanol–water partition coefficient (Wildman–Crippen LogP) is 3.08. The number of benzene rings is 2. The van der Waals surface area contributed by atoms with Gasteiger partial charge in [-0.25, -0.2) is 9.37 Å². The average Bonchev–Trinajstić information content (AvgIpc) is 3.32. The highest BCUT2D eigenvalue weighted by Crippen LogP contribution is 2.33. The number of hydrogen-bond acceptors (Lipinski definition) is 7. The third kappa shape index (κ3) is 5.20. The van der Waals surface area contributed by atoms with Gasteiger partial charge in [0.25, 0.3) is 11.5 Å². The molecule has 2 aromatic carbocycles. The minimum atomic E-state index is -0.907. The summed E-state index contributed by atoms with van der Waals surface area (Å²) in [6.45, 7) is 4.12. The number of amides is 2. The zero-order chi connectivity index (χ0) is 28.4. The van der Waals surface area contributed by atoms with Gasteiger partial charge < -0.3 is 20.5 Å². The van der Waals surface area contributed by atoms with Crippen LogP contribution in [0.3, 0.4) is 0 Å². The first-order chi connectivity index (χ1) is 19.2. The number of hydrogen-bond donors (Lipinski definition) is 2. The van der Waals surface area contributed by atoms with E-state index in [0.29, 0.717) is 30.1 Å². The van der Waals surface area contributed by atoms with Crippen LogP contribution in [0.1, 0.15) is 54.1 Å². The number of halogens is 1. The molecule has 1 aromatic heterocycles. The zero-order valence-electron chi connectivity index (χ0n) is 22.3. The number of carbonyl (C=O) groups excluding carboxylic acids is 2. The number of rotatable bonds is 7. The van der Waals surface area contributed by atoms with Crippen molar-refractivity contribution in [2.45, 2.75) is 52.0 Å². The summed E-state index contributed by atoms with van der Waals surface area (Å²) in [4.78, 5) is 45.6. The molecule has 0 bridgehead atoms. The van der Waals surface area contributed by atoms with E-state index in [9.17, 15) is 18.8 Å². The molecule has 1 fully saturated rings. The quantitative estimate of drug-likeness (QED) is 0.465. The third-order valence-corrected chi connectivity index (χ3v) is 6.94. The van der Waals surface area contributed by atoms with Gasteiger partial charge in [0.15, 0.2) is 5.69 Å². The zero-order valence-corrected chi connectivity index (χ0v) is 22.3. The van der Waals surface area contributed by atoms with Gasteiger partial charge in [0.05, 0.1) is 18.8 Å². The van der Waals surface area contributed by atoms with Gasteiger partial charge in [0.2, 0.25) is 11.7 Å². The fourth-order valence-electron chi connectivity index (χ4n) is 4.89. The Labute approximate surface area is 230 Å². The second-order valence-corrected chi connectivity index (χ2v) is 10.0. The molecule has 0 radical (unpaired) electrons. The summed E-state index contributed by atoms with van der Waals surface area (Å²) in [5.41, 5.74) is 6.26. The molecule has 0 saturated carbocycles. The van der Waals surface area contributed by atoms with Crippen molar-refractivity contribution in [3.05, 3.63) is 99.2 Å². The fraction of sp³-hybridized carbons (Fsp3) is 0.310. The summed E-state index contributed by atoms with van der Waals surface area (Å²) in [5, 5.41) is 2.76. The Morgan fingerprint density at radius 1 is 1.20 bits per heavy atom. The number of fused-ring (bicyclic) bond motifs is 1. The minimum absolute atomic E-state index is 0.0602. The van der Waals surface area contributed by atoms with E-state index < -0.39 is 22.9 Å². The number of ether oxygens (including phenoxy) is 2. The molecule has 0 spiro atoms. The van der Waals surface area contributed by atoms with Gasteiger partial charge in [-0.3, -0.25) is 23.9 Å². The Morgan fingerprint density at radius 2 is 1.98 bits per heavy atom. The first kappa shape index (κ1) is 27.1. The summed E-state index contributed by atoms with van der Waals surface area (Å²) in [7, 11) is 0. The first-order valence-electron chi connectivity index (χ1n) is 13.0. The fourth-order valence-corrected chi connectivity index (χ4v) is 4.89. The molecule has 208 valence electrons. The lowest BCUT2D eigenvalue weighted by atomic mass is 10.1. The van der Waals surface area contributed by atoms with Crippen LogP contribution in [0.15, 0.2) is 65.2 Å². The van der Waals surface area contributed by atoms with E-state index in [-0.39, 0.29) is 49.2 Å². The van der Waals surface area contributed by atoms with Crippen molar-refractivity contribution in [1.82, 2.24) is 14.9 Å². The normalized spacial score (nSPS) is 17.1. The van der Waals surface area contributed by atoms with E-state index in [0.717, 1.165) is 5.56 Å². The van der Waals surface area contributed by atoms with E-state index in [4.69, 9.17) is 15.2 Å². The molecule has 3 N–H and O–H groups in total. The highest BCUT2D eigenvalue weighted by molar-refractivity contribution is 6.00. The molecule has 2 aliphatic heterocycles. The number of nitrogens with one attached hydrogen (secondary N) is 1. The molecule has 3 aromatic rings. The molecule has 40 heavy (non-hydrogen) atoms. The molecule has 1 saturated heterocycles. The van der Waals surface area contributed by atoms with Crippen molar-refractivity contribution in [3.8, 4) is 5.75 Å². The Kier molecular flexibility index (Phi) is 7.40. The van der Waals surface area contributed by atoms with Crippen molar-refractivity contribution in [2.24, 2.45) is 5.73 Å². The van der Waals surface area contributed by atoms with Crippen molar-refractivity contribution in [3.63, 3.8) is 0 Å². The summed E-state index contributed by atoms with van der Waals surface area (Å²) in [5.74, 6) is -1.29. The Bertz CT molecular complexity index is 1550. The van der Waals surface area contributed by atoms with Gasteiger partial charge in [0, 0.05) is 24.9 Å². The maximum atomic E-state index is 14.2. The highest BCUT2D eigenvalue weighted by atomic mass is 19.1. The molecule has 10 nitrogen and oxygen atoms in total. The van der Waals surface area contributed by atoms with Crippen LogP contribution < -0.4 is 26.2 Å². The number of nitrogens with zero attached hydrogens (tertiary/aromatic N) is 3. The van der Waals surface area contributed by atoms with Crippen LogP contribution in [0.5, 0.6) is 5.75 Å². The predicted molar refractivity (Wildman–Crippen MR) is 145 cm³/mol. The highest BCUT2D eigenvalue weighted by Gasteiger charge is 2.35. The first-order valence-corrected chi connectivity index (χ1v) is 13.0. The average molecular weight is 548 g/mol. The molecule has 3 heterocycles. The van der Waals surface area contributed by atoms with Crippen LogP contribution in [-0.2, 0) is 34.8 Å². The largest absolute Gasteiger partial charge is 0.481 e. The molecule has 0 aliphatic carbocycles. The van der Waals surface area contributed by atoms with Crippen molar-refractivity contribution < 1.29 is 23.5 Å². The van der Waals surface area contributed by atoms with E-state index in [1.807, 2.05) is 30.3 Å². The van der Waals surface area contributed by atoms with Crippen LogP contribution in [0, 0.1) is 5.82 Å². The van der Waals surface area contributed by atoms with Crippen LogP contribution in [0.25, 0.3) is 0 Å². The maximum absolute atomic E-state index is 14.2. The van der Waals surface area contributed by atoms with Crippen molar-refractivity contribution in [2.75, 3.05) is 11.5 Å². The lowest BCUT2D eigenvalue weighted by Crippen LogP contribution is -2.43. The number of carbonyl (C=O) groups is 2. The molecule has 0 unspecified atom stereocenters. The van der Waals surface area contributed by atoms with Gasteiger partial charge in [-0.15, -0.1) is 0 Å². The third-order valence-electron chi connectivity index (χ3n) is 6.94. The summed E-state index contributed by atoms with van der Waals surface area (Å²) >= 11 is 0. The number of anilines is 1. The number of allylic oxidation sites excluding steroid dienone is 1. The molecule has 0 atom stereocenters. The molecular weight excluding hydrogens is 517 g/mol. The maximum Gasteiger partial charge on any atom is 0.296 e. The second-order valence-electron chi connectivity index (χ2n) is 10.0. The van der Waals surface area contributed by atoms with Gasteiger partial charge in [0.1, 0.15) is 23.8 Å². The summed E-state index contributed by atoms with van der Waals surface area (Å²) < 4.78 is 27.4. The molecule has 5 rings (SSSR count). The van der Waals surface area contributed by atoms with Crippen LogP contribution >= 0.6 is 0 Å². The summed E-state index contributed by atoms with van der Waals surface area (Å²) in [6.07, 6.45) is 2.00. The Morgan fingerprint density at radius 3 is 2.73 bits per heavy atom. The smallest absolute Gasteiger partial charge is 0.296 e. The molecular formula is C29H30FN5O5. The van der Waals surface area contributed by atoms with Crippen LogP contribution in [0.4, 0.5) is 10.1 Å². The standard InChI is InChI=1S/C29H30FN5O5/c1-29(2)28-33-24(25(27(38)34(28)12-13-40-29)39-17-18-6-4-3-5-7-18)26(37)32-16-19-8-9-20(30)14-22(19)35-21(15-31)10-11-23(35)36/h3-9,14-15H,10-13,16-17,31H2,1-2H3,(H,32,37)/b21-15+. The molecule has 2 aliphatic rings. The van der Waals surface area contributed by atoms with E-state index >= 15 is 0 Å². The molecule has 2 amide bonds. The van der Waals surface area contributed by atoms with Crippen LogP contribution in [0.2, 0.25) is 0 Å². The second kappa shape index (κ2) is 10.9. The molecule has 11 heteroatoms. The Hall–Kier alpha value is -4.51.